The number of anilines is 1. The molecule has 7 heteroatoms. The highest BCUT2D eigenvalue weighted by Gasteiger charge is 2.22. The number of carbonyl (C=O) groups is 1. The Morgan fingerprint density at radius 3 is 2.19 bits per heavy atom. The number of nitrogens with zero attached hydrogens (tertiary/aromatic N) is 2. The van der Waals surface area contributed by atoms with E-state index in [1.807, 2.05) is 13.8 Å². The van der Waals surface area contributed by atoms with Gasteiger partial charge in [0.2, 0.25) is 0 Å². The third kappa shape index (κ3) is 5.11. The molecule has 1 amide bonds. The average molecular weight is 441 g/mol. The zero-order valence-electron chi connectivity index (χ0n) is 17.7. The molecular formula is C24H25FN2O3S. The molecule has 3 rings (SSSR count). The Balaban J connectivity index is 1.78. The molecule has 0 aliphatic rings. The van der Waals surface area contributed by atoms with E-state index < -0.39 is 10.0 Å². The van der Waals surface area contributed by atoms with Gasteiger partial charge in [0.25, 0.3) is 15.9 Å². The Morgan fingerprint density at radius 1 is 0.968 bits per heavy atom. The Kier molecular flexibility index (Phi) is 6.75. The third-order valence-corrected chi connectivity index (χ3v) is 6.89. The van der Waals surface area contributed by atoms with Crippen molar-refractivity contribution >= 4 is 21.6 Å². The van der Waals surface area contributed by atoms with E-state index in [0.29, 0.717) is 23.4 Å². The fourth-order valence-electron chi connectivity index (χ4n) is 3.19. The van der Waals surface area contributed by atoms with E-state index in [1.165, 1.54) is 23.5 Å². The third-order valence-electron chi connectivity index (χ3n) is 5.09. The fourth-order valence-corrected chi connectivity index (χ4v) is 4.38. The van der Waals surface area contributed by atoms with Crippen LogP contribution in [-0.2, 0) is 16.6 Å². The van der Waals surface area contributed by atoms with Crippen LogP contribution in [-0.4, -0.2) is 32.8 Å². The maximum Gasteiger partial charge on any atom is 0.264 e. The molecule has 0 unspecified atom stereocenters. The number of amides is 1. The topological polar surface area (TPSA) is 57.7 Å². The largest absolute Gasteiger partial charge is 0.335 e. The van der Waals surface area contributed by atoms with E-state index in [1.54, 1.807) is 65.6 Å². The quantitative estimate of drug-likeness (QED) is 0.539. The molecule has 0 saturated carbocycles. The monoisotopic (exact) mass is 440 g/mol. The molecule has 0 aromatic heterocycles. The number of sulfonamides is 1. The van der Waals surface area contributed by atoms with Crippen molar-refractivity contribution in [3.63, 3.8) is 0 Å². The van der Waals surface area contributed by atoms with Gasteiger partial charge in [0.15, 0.2) is 0 Å². The SMILES string of the molecule is CCN(Cc1cccc(F)c1)C(=O)c1ccc(N(C)S(=O)(=O)c2ccc(C)cc2)cc1. The van der Waals surface area contributed by atoms with Crippen molar-refractivity contribution in [2.45, 2.75) is 25.3 Å². The zero-order valence-corrected chi connectivity index (χ0v) is 18.6. The zero-order chi connectivity index (χ0) is 22.6. The molecule has 0 fully saturated rings. The maximum atomic E-state index is 13.4. The Morgan fingerprint density at radius 2 is 1.61 bits per heavy atom. The first-order chi connectivity index (χ1) is 14.7. The summed E-state index contributed by atoms with van der Waals surface area (Å²) in [5.74, 6) is -0.550. The van der Waals surface area contributed by atoms with Gasteiger partial charge in [0.05, 0.1) is 10.6 Å². The maximum absolute atomic E-state index is 13.4. The Labute approximate surface area is 182 Å². The van der Waals surface area contributed by atoms with Crippen molar-refractivity contribution < 1.29 is 17.6 Å². The molecule has 0 aliphatic carbocycles. The van der Waals surface area contributed by atoms with Crippen molar-refractivity contribution in [2.24, 2.45) is 0 Å². The molecule has 3 aromatic carbocycles. The van der Waals surface area contributed by atoms with Crippen LogP contribution in [0.1, 0.15) is 28.4 Å². The lowest BCUT2D eigenvalue weighted by Gasteiger charge is -2.22. The molecular weight excluding hydrogens is 415 g/mol. The molecule has 162 valence electrons. The number of halogens is 1. The number of hydrogen-bond donors (Lipinski definition) is 0. The van der Waals surface area contributed by atoms with Crippen LogP contribution >= 0.6 is 0 Å². The van der Waals surface area contributed by atoms with Gasteiger partial charge in [-0.1, -0.05) is 29.8 Å². The van der Waals surface area contributed by atoms with Crippen molar-refractivity contribution in [2.75, 3.05) is 17.9 Å². The standard InChI is InChI=1S/C24H25FN2O3S/c1-4-27(17-19-6-5-7-21(25)16-19)24(28)20-10-12-22(13-11-20)26(3)31(29,30)23-14-8-18(2)9-15-23/h5-16H,4,17H2,1-3H3. The number of benzene rings is 3. The molecule has 0 spiro atoms. The highest BCUT2D eigenvalue weighted by Crippen LogP contribution is 2.23. The molecule has 0 N–H and O–H groups in total. The Hall–Kier alpha value is -3.19. The summed E-state index contributed by atoms with van der Waals surface area (Å²) in [6.45, 7) is 4.49. The molecule has 5 nitrogen and oxygen atoms in total. The van der Waals surface area contributed by atoms with Gasteiger partial charge in [0.1, 0.15) is 5.82 Å². The van der Waals surface area contributed by atoms with E-state index in [0.717, 1.165) is 5.56 Å². The average Bonchev–Trinajstić information content (AvgIpc) is 2.77. The second-order valence-corrected chi connectivity index (χ2v) is 9.25. The number of rotatable bonds is 7. The predicted octanol–water partition coefficient (Wildman–Crippen LogP) is 4.62. The van der Waals surface area contributed by atoms with Crippen LogP contribution in [0.3, 0.4) is 0 Å². The summed E-state index contributed by atoms with van der Waals surface area (Å²) in [6.07, 6.45) is 0. The van der Waals surface area contributed by atoms with E-state index in [9.17, 15) is 17.6 Å². The first kappa shape index (κ1) is 22.5. The first-order valence-corrected chi connectivity index (χ1v) is 11.4. The van der Waals surface area contributed by atoms with E-state index in [-0.39, 0.29) is 23.2 Å². The molecule has 3 aromatic rings. The molecule has 0 radical (unpaired) electrons. The van der Waals surface area contributed by atoms with E-state index in [2.05, 4.69) is 0 Å². The minimum atomic E-state index is -3.71. The highest BCUT2D eigenvalue weighted by atomic mass is 32.2. The van der Waals surface area contributed by atoms with Gasteiger partial charge in [0, 0.05) is 25.7 Å². The van der Waals surface area contributed by atoms with Gasteiger partial charge in [-0.05, 0) is 67.9 Å². The summed E-state index contributed by atoms with van der Waals surface area (Å²) in [4.78, 5) is 14.7. The van der Waals surface area contributed by atoms with E-state index >= 15 is 0 Å². The first-order valence-electron chi connectivity index (χ1n) is 9.91. The minimum absolute atomic E-state index is 0.202. The molecule has 0 atom stereocenters. The number of carbonyl (C=O) groups excluding carboxylic acids is 1. The normalized spacial score (nSPS) is 11.2. The van der Waals surface area contributed by atoms with Crippen LogP contribution in [0.2, 0.25) is 0 Å². The molecule has 31 heavy (non-hydrogen) atoms. The minimum Gasteiger partial charge on any atom is -0.335 e. The van der Waals surface area contributed by atoms with Gasteiger partial charge in [-0.25, -0.2) is 12.8 Å². The molecule has 0 aliphatic heterocycles. The summed E-state index contributed by atoms with van der Waals surface area (Å²) < 4.78 is 40.4. The lowest BCUT2D eigenvalue weighted by molar-refractivity contribution is 0.0752. The summed E-state index contributed by atoms with van der Waals surface area (Å²) in [5, 5.41) is 0. The predicted molar refractivity (Wildman–Crippen MR) is 120 cm³/mol. The van der Waals surface area contributed by atoms with E-state index in [4.69, 9.17) is 0 Å². The second kappa shape index (κ2) is 9.31. The number of aryl methyl sites for hydroxylation is 1. The lowest BCUT2D eigenvalue weighted by Crippen LogP contribution is -2.30. The van der Waals surface area contributed by atoms with Crippen LogP contribution in [0.15, 0.2) is 77.7 Å². The lowest BCUT2D eigenvalue weighted by atomic mass is 10.1. The summed E-state index contributed by atoms with van der Waals surface area (Å²) in [6, 6.07) is 19.2. The summed E-state index contributed by atoms with van der Waals surface area (Å²) in [5.41, 5.74) is 2.56. The van der Waals surface area contributed by atoms with Crippen LogP contribution in [0.4, 0.5) is 10.1 Å². The molecule has 0 heterocycles. The van der Waals surface area contributed by atoms with Crippen LogP contribution in [0, 0.1) is 12.7 Å². The summed E-state index contributed by atoms with van der Waals surface area (Å²) in [7, 11) is -2.22. The smallest absolute Gasteiger partial charge is 0.264 e. The van der Waals surface area contributed by atoms with Crippen molar-refractivity contribution in [3.05, 3.63) is 95.3 Å². The van der Waals surface area contributed by atoms with Gasteiger partial charge in [-0.3, -0.25) is 9.10 Å². The molecule has 0 saturated heterocycles. The van der Waals surface area contributed by atoms with Gasteiger partial charge in [-0.2, -0.15) is 0 Å². The summed E-state index contributed by atoms with van der Waals surface area (Å²) >= 11 is 0. The van der Waals surface area contributed by atoms with Gasteiger partial charge in [-0.15, -0.1) is 0 Å². The highest BCUT2D eigenvalue weighted by molar-refractivity contribution is 7.92. The van der Waals surface area contributed by atoms with Gasteiger partial charge >= 0.3 is 0 Å². The van der Waals surface area contributed by atoms with Crippen LogP contribution in [0.25, 0.3) is 0 Å². The van der Waals surface area contributed by atoms with Crippen molar-refractivity contribution in [1.82, 2.24) is 4.90 Å². The van der Waals surface area contributed by atoms with Crippen molar-refractivity contribution in [1.29, 1.82) is 0 Å². The van der Waals surface area contributed by atoms with Crippen LogP contribution in [0.5, 0.6) is 0 Å². The van der Waals surface area contributed by atoms with Gasteiger partial charge < -0.3 is 4.90 Å². The molecule has 0 bridgehead atoms. The Bertz CT molecular complexity index is 1160. The fraction of sp³-hybridized carbons (Fsp3) is 0.208. The number of hydrogen-bond acceptors (Lipinski definition) is 3. The van der Waals surface area contributed by atoms with Crippen LogP contribution < -0.4 is 4.31 Å². The van der Waals surface area contributed by atoms with Crippen molar-refractivity contribution in [3.8, 4) is 0 Å². The second-order valence-electron chi connectivity index (χ2n) is 7.28.